The Morgan fingerprint density at radius 3 is 2.63 bits per heavy atom. The maximum atomic E-state index is 12.5. The predicted molar refractivity (Wildman–Crippen MR) is 118 cm³/mol. The summed E-state index contributed by atoms with van der Waals surface area (Å²) >= 11 is 1.46. The van der Waals surface area contributed by atoms with Gasteiger partial charge in [-0.25, -0.2) is 4.98 Å². The van der Waals surface area contributed by atoms with Gasteiger partial charge in [-0.3, -0.25) is 9.59 Å². The molecule has 0 bridgehead atoms. The number of nitrogens with one attached hydrogen (secondary N) is 1. The Morgan fingerprint density at radius 2 is 1.90 bits per heavy atom. The summed E-state index contributed by atoms with van der Waals surface area (Å²) in [6, 6.07) is 18.3. The molecular weight excluding hydrogens is 398 g/mol. The van der Waals surface area contributed by atoms with E-state index in [1.807, 2.05) is 55.5 Å². The lowest BCUT2D eigenvalue weighted by Crippen LogP contribution is -2.35. The average molecular weight is 420 g/mol. The van der Waals surface area contributed by atoms with E-state index >= 15 is 0 Å². The van der Waals surface area contributed by atoms with E-state index in [1.165, 1.54) is 11.8 Å². The first-order valence-electron chi connectivity index (χ1n) is 9.65. The number of hydrogen-bond donors (Lipinski definition) is 1. The molecule has 3 aromatic rings. The largest absolute Gasteiger partial charge is 0.494 e. The van der Waals surface area contributed by atoms with Crippen LogP contribution in [0.1, 0.15) is 22.8 Å². The topological polar surface area (TPSA) is 71.5 Å². The summed E-state index contributed by atoms with van der Waals surface area (Å²) in [6.07, 6.45) is 1.73. The van der Waals surface area contributed by atoms with Gasteiger partial charge in [-0.05, 0) is 61.0 Å². The second-order valence-corrected chi connectivity index (χ2v) is 7.67. The van der Waals surface area contributed by atoms with Gasteiger partial charge in [0.05, 0.1) is 24.6 Å². The van der Waals surface area contributed by atoms with E-state index in [0.29, 0.717) is 30.2 Å². The van der Waals surface area contributed by atoms with E-state index < -0.39 is 0 Å². The molecule has 7 heteroatoms. The molecule has 0 unspecified atom stereocenters. The highest BCUT2D eigenvalue weighted by atomic mass is 32.2. The zero-order valence-corrected chi connectivity index (χ0v) is 17.3. The molecule has 0 fully saturated rings. The van der Waals surface area contributed by atoms with Crippen LogP contribution >= 0.6 is 11.8 Å². The summed E-state index contributed by atoms with van der Waals surface area (Å²) in [5.74, 6) is 1.01. The van der Waals surface area contributed by atoms with Crippen LogP contribution in [0.2, 0.25) is 0 Å². The molecule has 0 atom stereocenters. The fraction of sp³-hybridized carbons (Fsp3) is 0.174. The summed E-state index contributed by atoms with van der Waals surface area (Å²) < 4.78 is 5.41. The SMILES string of the molecule is CCOc1ccc(NC(=O)c2ccc(CN3C(=O)CSc4ncccc43)cc2)cc1. The number of fused-ring (bicyclic) bond motifs is 1. The lowest BCUT2D eigenvalue weighted by molar-refractivity contribution is -0.116. The fourth-order valence-corrected chi connectivity index (χ4v) is 4.04. The Morgan fingerprint density at radius 1 is 1.13 bits per heavy atom. The first kappa shape index (κ1) is 20.0. The molecule has 2 amide bonds. The molecule has 0 saturated carbocycles. The molecule has 0 saturated heterocycles. The number of aromatic nitrogens is 1. The number of hydrogen-bond acceptors (Lipinski definition) is 5. The number of carbonyl (C=O) groups is 2. The van der Waals surface area contributed by atoms with Crippen molar-refractivity contribution in [2.75, 3.05) is 22.6 Å². The van der Waals surface area contributed by atoms with Crippen LogP contribution in [0, 0.1) is 0 Å². The molecule has 0 radical (unpaired) electrons. The Labute approximate surface area is 179 Å². The number of anilines is 2. The third kappa shape index (κ3) is 4.46. The molecule has 152 valence electrons. The molecular formula is C23H21N3O3S. The number of thioether (sulfide) groups is 1. The second kappa shape index (κ2) is 9.00. The maximum absolute atomic E-state index is 12.5. The molecule has 0 spiro atoms. The van der Waals surface area contributed by atoms with Crippen LogP contribution in [-0.4, -0.2) is 29.2 Å². The third-order valence-corrected chi connectivity index (χ3v) is 5.63. The standard InChI is InChI=1S/C23H21N3O3S/c1-2-29-19-11-9-18(10-12-19)25-22(28)17-7-5-16(6-8-17)14-26-20-4-3-13-24-23(20)30-15-21(26)27/h3-13H,2,14-15H2,1H3,(H,25,28). The van der Waals surface area contributed by atoms with Crippen molar-refractivity contribution in [3.05, 3.63) is 78.0 Å². The van der Waals surface area contributed by atoms with Crippen molar-refractivity contribution >= 4 is 35.0 Å². The second-order valence-electron chi connectivity index (χ2n) is 6.70. The minimum Gasteiger partial charge on any atom is -0.494 e. The van der Waals surface area contributed by atoms with Crippen molar-refractivity contribution in [3.63, 3.8) is 0 Å². The Balaban J connectivity index is 1.43. The molecule has 1 N–H and O–H groups in total. The Hall–Kier alpha value is -3.32. The number of amides is 2. The van der Waals surface area contributed by atoms with Crippen LogP contribution < -0.4 is 15.0 Å². The number of ether oxygens (including phenoxy) is 1. The minimum atomic E-state index is -0.189. The van der Waals surface area contributed by atoms with Gasteiger partial charge >= 0.3 is 0 Å². The van der Waals surface area contributed by atoms with E-state index in [-0.39, 0.29) is 11.8 Å². The summed E-state index contributed by atoms with van der Waals surface area (Å²) in [6.45, 7) is 2.97. The highest BCUT2D eigenvalue weighted by Gasteiger charge is 2.25. The molecule has 1 aromatic heterocycles. The molecule has 0 aliphatic carbocycles. The molecule has 1 aliphatic rings. The lowest BCUT2D eigenvalue weighted by atomic mass is 10.1. The van der Waals surface area contributed by atoms with Gasteiger partial charge in [0, 0.05) is 17.4 Å². The van der Waals surface area contributed by atoms with Crippen molar-refractivity contribution in [3.8, 4) is 5.75 Å². The first-order valence-corrected chi connectivity index (χ1v) is 10.6. The van der Waals surface area contributed by atoms with Crippen LogP contribution in [0.4, 0.5) is 11.4 Å². The molecule has 30 heavy (non-hydrogen) atoms. The number of benzene rings is 2. The molecule has 1 aliphatic heterocycles. The van der Waals surface area contributed by atoms with Crippen LogP contribution in [0.25, 0.3) is 0 Å². The van der Waals surface area contributed by atoms with E-state index in [4.69, 9.17) is 4.74 Å². The summed E-state index contributed by atoms with van der Waals surface area (Å²) in [5, 5.41) is 3.74. The van der Waals surface area contributed by atoms with Crippen molar-refractivity contribution in [2.24, 2.45) is 0 Å². The van der Waals surface area contributed by atoms with Crippen molar-refractivity contribution in [2.45, 2.75) is 18.5 Å². The normalized spacial score (nSPS) is 13.0. The van der Waals surface area contributed by atoms with Crippen LogP contribution in [0.3, 0.4) is 0 Å². The maximum Gasteiger partial charge on any atom is 0.255 e. The number of pyridine rings is 1. The molecule has 4 rings (SSSR count). The molecule has 2 heterocycles. The summed E-state index contributed by atoms with van der Waals surface area (Å²) in [4.78, 5) is 31.0. The zero-order valence-electron chi connectivity index (χ0n) is 16.5. The third-order valence-electron chi connectivity index (χ3n) is 4.66. The van der Waals surface area contributed by atoms with Gasteiger partial charge in [0.25, 0.3) is 5.91 Å². The van der Waals surface area contributed by atoms with Crippen LogP contribution in [-0.2, 0) is 11.3 Å². The van der Waals surface area contributed by atoms with Crippen LogP contribution in [0.15, 0.2) is 71.9 Å². The van der Waals surface area contributed by atoms with Gasteiger partial charge in [0.2, 0.25) is 5.91 Å². The predicted octanol–water partition coefficient (Wildman–Crippen LogP) is 4.37. The lowest BCUT2D eigenvalue weighted by Gasteiger charge is -2.28. The van der Waals surface area contributed by atoms with E-state index in [2.05, 4.69) is 10.3 Å². The number of carbonyl (C=O) groups excluding carboxylic acids is 2. The van der Waals surface area contributed by atoms with Gasteiger partial charge in [-0.2, -0.15) is 0 Å². The molecule has 2 aromatic carbocycles. The zero-order chi connectivity index (χ0) is 20.9. The van der Waals surface area contributed by atoms with Gasteiger partial charge < -0.3 is 15.0 Å². The summed E-state index contributed by atoms with van der Waals surface area (Å²) in [7, 11) is 0. The highest BCUT2D eigenvalue weighted by molar-refractivity contribution is 8.00. The number of nitrogens with zero attached hydrogens (tertiary/aromatic N) is 2. The van der Waals surface area contributed by atoms with Crippen molar-refractivity contribution in [1.29, 1.82) is 0 Å². The van der Waals surface area contributed by atoms with Gasteiger partial charge in [0.1, 0.15) is 10.8 Å². The fourth-order valence-electron chi connectivity index (χ4n) is 3.16. The van der Waals surface area contributed by atoms with Crippen molar-refractivity contribution in [1.82, 2.24) is 4.98 Å². The van der Waals surface area contributed by atoms with Crippen LogP contribution in [0.5, 0.6) is 5.75 Å². The number of rotatable bonds is 6. The van der Waals surface area contributed by atoms with E-state index in [0.717, 1.165) is 22.0 Å². The monoisotopic (exact) mass is 419 g/mol. The minimum absolute atomic E-state index is 0.0535. The van der Waals surface area contributed by atoms with Gasteiger partial charge in [0.15, 0.2) is 0 Å². The van der Waals surface area contributed by atoms with E-state index in [9.17, 15) is 9.59 Å². The Bertz CT molecular complexity index is 1050. The highest BCUT2D eigenvalue weighted by Crippen LogP contribution is 2.34. The molecule has 6 nitrogen and oxygen atoms in total. The van der Waals surface area contributed by atoms with Crippen molar-refractivity contribution < 1.29 is 14.3 Å². The Kier molecular flexibility index (Phi) is 5.99. The average Bonchev–Trinajstić information content (AvgIpc) is 2.78. The first-order chi connectivity index (χ1) is 14.6. The summed E-state index contributed by atoms with van der Waals surface area (Å²) in [5.41, 5.74) is 3.03. The quantitative estimate of drug-likeness (QED) is 0.642. The van der Waals surface area contributed by atoms with Gasteiger partial charge in [-0.15, -0.1) is 0 Å². The van der Waals surface area contributed by atoms with E-state index in [1.54, 1.807) is 23.2 Å². The van der Waals surface area contributed by atoms with Gasteiger partial charge in [-0.1, -0.05) is 23.9 Å². The smallest absolute Gasteiger partial charge is 0.255 e.